The zero-order chi connectivity index (χ0) is 23.6. The quantitative estimate of drug-likeness (QED) is 0.322. The van der Waals surface area contributed by atoms with Crippen LogP contribution >= 0.6 is 34.2 Å². The van der Waals surface area contributed by atoms with Gasteiger partial charge in [-0.25, -0.2) is 14.0 Å². The Morgan fingerprint density at radius 2 is 2.03 bits per heavy atom. The molecule has 1 heterocycles. The maximum atomic E-state index is 14.2. The summed E-state index contributed by atoms with van der Waals surface area (Å²) in [5.74, 6) is 1.71. The van der Waals surface area contributed by atoms with Crippen LogP contribution in [0.1, 0.15) is 50.4 Å². The second kappa shape index (κ2) is 9.81. The number of rotatable bonds is 4. The van der Waals surface area contributed by atoms with Gasteiger partial charge in [-0.2, -0.15) is 0 Å². The smallest absolute Gasteiger partial charge is 0.410 e. The number of hydrogen-bond acceptors (Lipinski definition) is 4. The predicted octanol–water partition coefficient (Wildman–Crippen LogP) is 6.23. The maximum Gasteiger partial charge on any atom is 0.410 e. The second-order valence-electron chi connectivity index (χ2n) is 8.54. The zero-order valence-electron chi connectivity index (χ0n) is 18.3. The van der Waals surface area contributed by atoms with Crippen molar-refractivity contribution in [2.24, 2.45) is 0 Å². The first-order valence-electron chi connectivity index (χ1n) is 10.1. The molecule has 0 bridgehead atoms. The molecule has 0 fully saturated rings. The molecule has 3 rings (SSSR count). The Bertz CT molecular complexity index is 1090. The molecule has 1 atom stereocenters. The van der Waals surface area contributed by atoms with Crippen LogP contribution in [0.15, 0.2) is 30.3 Å². The number of benzene rings is 2. The van der Waals surface area contributed by atoms with Crippen molar-refractivity contribution in [2.45, 2.75) is 45.8 Å². The molecule has 8 heteroatoms. The molecule has 1 aliphatic heterocycles. The van der Waals surface area contributed by atoms with E-state index in [1.165, 1.54) is 12.1 Å². The number of carbonyl (C=O) groups is 1. The van der Waals surface area contributed by atoms with Gasteiger partial charge >= 0.3 is 6.09 Å². The normalized spacial score (nSPS) is 15.6. The first-order chi connectivity index (χ1) is 15.0. The van der Waals surface area contributed by atoms with Gasteiger partial charge < -0.3 is 14.4 Å². The minimum Gasteiger partial charge on any atom is -0.487 e. The minimum absolute atomic E-state index is 0.0520. The number of nitrogens with zero attached hydrogens (tertiary/aromatic N) is 1. The lowest BCUT2D eigenvalue weighted by atomic mass is 9.93. The highest BCUT2D eigenvalue weighted by molar-refractivity contribution is 14.1. The molecule has 32 heavy (non-hydrogen) atoms. The monoisotopic (exact) mass is 571 g/mol. The van der Waals surface area contributed by atoms with Crippen LogP contribution in [0, 0.1) is 9.39 Å². The number of ether oxygens (including phenoxy) is 2. The van der Waals surface area contributed by atoms with E-state index in [0.29, 0.717) is 18.7 Å². The van der Waals surface area contributed by atoms with E-state index in [0.717, 1.165) is 20.8 Å². The molecule has 0 saturated heterocycles. The molecule has 1 amide bonds. The number of fused-ring (bicyclic) bond motifs is 1. The summed E-state index contributed by atoms with van der Waals surface area (Å²) in [6.07, 6.45) is 0.340. The third kappa shape index (κ3) is 5.45. The zero-order valence-corrected chi connectivity index (χ0v) is 21.2. The van der Waals surface area contributed by atoms with E-state index in [4.69, 9.17) is 21.1 Å². The van der Waals surface area contributed by atoms with E-state index in [1.807, 2.05) is 39.8 Å². The fourth-order valence-electron chi connectivity index (χ4n) is 3.60. The summed E-state index contributed by atoms with van der Waals surface area (Å²) < 4.78 is 26.5. The fourth-order valence-corrected chi connectivity index (χ4v) is 4.89. The molecule has 0 saturated carbocycles. The Labute approximate surface area is 205 Å². The van der Waals surface area contributed by atoms with Gasteiger partial charge in [0.2, 0.25) is 0 Å². The summed E-state index contributed by atoms with van der Waals surface area (Å²) >= 11 is 7.97. The van der Waals surface area contributed by atoms with Crippen LogP contribution in [-0.2, 0) is 16.0 Å². The number of carbonyl (C=O) groups excluding carboxylic acids is 2. The molecule has 5 nitrogen and oxygen atoms in total. The average Bonchev–Trinajstić information content (AvgIpc) is 2.69. The van der Waals surface area contributed by atoms with Gasteiger partial charge in [0.15, 0.2) is 0 Å². The number of halogens is 3. The van der Waals surface area contributed by atoms with Gasteiger partial charge in [0, 0.05) is 17.1 Å². The highest BCUT2D eigenvalue weighted by Crippen LogP contribution is 2.38. The summed E-state index contributed by atoms with van der Waals surface area (Å²) in [6.45, 7) is 7.88. The van der Waals surface area contributed by atoms with E-state index in [2.05, 4.69) is 22.6 Å². The highest BCUT2D eigenvalue weighted by atomic mass is 127. The van der Waals surface area contributed by atoms with Crippen molar-refractivity contribution in [3.63, 3.8) is 0 Å². The molecule has 1 unspecified atom stereocenters. The van der Waals surface area contributed by atoms with E-state index in [9.17, 15) is 14.0 Å². The van der Waals surface area contributed by atoms with Crippen molar-refractivity contribution >= 4 is 51.8 Å². The standard InChI is InChI=1S/C24H24ClFINO4/c1-14-21-15(9-10-28(14)23(30)32-24(2,3)4)5-8-20(22(21)27)31-13-16(12-29)18-7-6-17(25)11-19(18)26/h5-8,11,14H,9-10,13H2,1-4H3. The van der Waals surface area contributed by atoms with Gasteiger partial charge in [0.1, 0.15) is 29.7 Å². The summed E-state index contributed by atoms with van der Waals surface area (Å²) in [5, 5.41) is 0.241. The van der Waals surface area contributed by atoms with Gasteiger partial charge in [0.25, 0.3) is 0 Å². The van der Waals surface area contributed by atoms with Gasteiger partial charge in [-0.1, -0.05) is 17.7 Å². The second-order valence-corrected chi connectivity index (χ2v) is 10.1. The SMILES string of the molecule is CC1c2c(ccc(OCC(=C=O)c3ccc(Cl)cc3F)c2I)CCN1C(=O)OC(C)(C)C. The van der Waals surface area contributed by atoms with Crippen molar-refractivity contribution < 1.29 is 23.5 Å². The van der Waals surface area contributed by atoms with Crippen LogP contribution in [0.4, 0.5) is 9.18 Å². The van der Waals surface area contributed by atoms with Crippen LogP contribution in [0.5, 0.6) is 5.75 Å². The van der Waals surface area contributed by atoms with Gasteiger partial charge in [0.05, 0.1) is 15.2 Å². The Kier molecular flexibility index (Phi) is 7.53. The first kappa shape index (κ1) is 24.6. The van der Waals surface area contributed by atoms with E-state index >= 15 is 0 Å². The number of hydrogen-bond donors (Lipinski definition) is 0. The van der Waals surface area contributed by atoms with Crippen molar-refractivity contribution in [1.29, 1.82) is 0 Å². The molecule has 2 aromatic carbocycles. The van der Waals surface area contributed by atoms with Gasteiger partial charge in [-0.3, -0.25) is 0 Å². The van der Waals surface area contributed by atoms with Crippen LogP contribution in [0.25, 0.3) is 5.57 Å². The van der Waals surface area contributed by atoms with Gasteiger partial charge in [-0.05, 0) is 92.1 Å². The minimum atomic E-state index is -0.610. The predicted molar refractivity (Wildman–Crippen MR) is 130 cm³/mol. The molecule has 0 N–H and O–H groups in total. The largest absolute Gasteiger partial charge is 0.487 e. The van der Waals surface area contributed by atoms with Crippen molar-refractivity contribution in [3.05, 3.63) is 61.4 Å². The molecule has 0 radical (unpaired) electrons. The third-order valence-electron chi connectivity index (χ3n) is 5.12. The lowest BCUT2D eigenvalue weighted by Crippen LogP contribution is -2.42. The van der Waals surface area contributed by atoms with Crippen molar-refractivity contribution in [1.82, 2.24) is 4.90 Å². The highest BCUT2D eigenvalue weighted by Gasteiger charge is 2.33. The Morgan fingerprint density at radius 3 is 2.66 bits per heavy atom. The molecule has 2 aromatic rings. The fraction of sp³-hybridized carbons (Fsp3) is 0.375. The van der Waals surface area contributed by atoms with E-state index in [1.54, 1.807) is 10.8 Å². The summed E-state index contributed by atoms with van der Waals surface area (Å²) in [7, 11) is 0. The topological polar surface area (TPSA) is 55.8 Å². The molecule has 1 aliphatic rings. The third-order valence-corrected chi connectivity index (χ3v) is 6.47. The molecule has 0 aliphatic carbocycles. The van der Waals surface area contributed by atoms with Gasteiger partial charge in [-0.15, -0.1) is 0 Å². The molecular formula is C24H24ClFINO4. The van der Waals surface area contributed by atoms with Crippen LogP contribution in [-0.4, -0.2) is 35.7 Å². The summed E-state index contributed by atoms with van der Waals surface area (Å²) in [5.41, 5.74) is 1.68. The average molecular weight is 572 g/mol. The van der Waals surface area contributed by atoms with Crippen LogP contribution in [0.2, 0.25) is 5.02 Å². The molecule has 170 valence electrons. The van der Waals surface area contributed by atoms with Crippen molar-refractivity contribution in [3.8, 4) is 5.75 Å². The maximum absolute atomic E-state index is 14.2. The number of amides is 1. The molecule has 0 aromatic heterocycles. The van der Waals surface area contributed by atoms with E-state index in [-0.39, 0.29) is 34.9 Å². The molecule has 0 spiro atoms. The van der Waals surface area contributed by atoms with Crippen LogP contribution < -0.4 is 4.74 Å². The Balaban J connectivity index is 1.82. The first-order valence-corrected chi connectivity index (χ1v) is 11.6. The lowest BCUT2D eigenvalue weighted by molar-refractivity contribution is 0.0158. The van der Waals surface area contributed by atoms with Crippen molar-refractivity contribution in [2.75, 3.05) is 13.2 Å². The Hall–Kier alpha value is -2.09. The lowest BCUT2D eigenvalue weighted by Gasteiger charge is -2.37. The van der Waals surface area contributed by atoms with Crippen LogP contribution in [0.3, 0.4) is 0 Å². The van der Waals surface area contributed by atoms with E-state index < -0.39 is 11.4 Å². The summed E-state index contributed by atoms with van der Waals surface area (Å²) in [6, 6.07) is 7.66. The molecular weight excluding hydrogens is 548 g/mol. The summed E-state index contributed by atoms with van der Waals surface area (Å²) in [4.78, 5) is 25.8. The Morgan fingerprint density at radius 1 is 1.31 bits per heavy atom.